The highest BCUT2D eigenvalue weighted by molar-refractivity contribution is 5.99. The SMILES string of the molecule is Cc1c(-c2c3cccc(C(F)(F)F)c3nc[n+]2C)cc(CO)c2ccccc12. The molecule has 0 radical (unpaired) electrons. The van der Waals surface area contributed by atoms with Crippen LogP contribution < -0.4 is 4.57 Å². The standard InChI is InChI=1S/C22H18F3N2O/c1-13-15-6-3-4-7-16(15)14(11-28)10-18(13)21-17-8-5-9-19(22(23,24)25)20(17)26-12-27(21)2/h3-10,12,28H,11H2,1-2H3/q+1. The second kappa shape index (κ2) is 6.56. The zero-order chi connectivity index (χ0) is 20.1. The summed E-state index contributed by atoms with van der Waals surface area (Å²) >= 11 is 0. The molecule has 0 saturated carbocycles. The number of alkyl halides is 3. The van der Waals surface area contributed by atoms with Crippen molar-refractivity contribution in [2.75, 3.05) is 0 Å². The summed E-state index contributed by atoms with van der Waals surface area (Å²) in [5.74, 6) is 0. The number of nitrogens with zero attached hydrogens (tertiary/aromatic N) is 2. The van der Waals surface area contributed by atoms with Crippen LogP contribution >= 0.6 is 0 Å². The Morgan fingerprint density at radius 3 is 2.36 bits per heavy atom. The van der Waals surface area contributed by atoms with Gasteiger partial charge in [-0.2, -0.15) is 13.2 Å². The average Bonchev–Trinajstić information content (AvgIpc) is 2.68. The predicted molar refractivity (Wildman–Crippen MR) is 102 cm³/mol. The molecule has 3 aromatic carbocycles. The Balaban J connectivity index is 2.13. The molecule has 0 aliphatic carbocycles. The molecular formula is C22H18F3N2O+. The monoisotopic (exact) mass is 383 g/mol. The number of aliphatic hydroxyl groups excluding tert-OH is 1. The summed E-state index contributed by atoms with van der Waals surface area (Å²) in [5.41, 5.74) is 2.24. The number of benzene rings is 3. The first-order valence-electron chi connectivity index (χ1n) is 8.80. The molecule has 3 nitrogen and oxygen atoms in total. The minimum atomic E-state index is -4.49. The first kappa shape index (κ1) is 18.4. The van der Waals surface area contributed by atoms with Crippen molar-refractivity contribution in [2.45, 2.75) is 19.7 Å². The lowest BCUT2D eigenvalue weighted by atomic mass is 9.92. The van der Waals surface area contributed by atoms with Crippen LogP contribution in [0.4, 0.5) is 13.2 Å². The molecule has 0 atom stereocenters. The fraction of sp³-hybridized carbons (Fsp3) is 0.182. The molecule has 1 heterocycles. The van der Waals surface area contributed by atoms with Crippen molar-refractivity contribution in [3.05, 3.63) is 71.5 Å². The van der Waals surface area contributed by atoms with E-state index in [-0.39, 0.29) is 12.1 Å². The molecule has 0 bridgehead atoms. The molecule has 0 unspecified atom stereocenters. The molecule has 6 heteroatoms. The zero-order valence-electron chi connectivity index (χ0n) is 15.4. The van der Waals surface area contributed by atoms with Crippen molar-refractivity contribution in [1.29, 1.82) is 0 Å². The van der Waals surface area contributed by atoms with E-state index in [0.29, 0.717) is 11.1 Å². The van der Waals surface area contributed by atoms with Gasteiger partial charge in [0.05, 0.1) is 19.0 Å². The van der Waals surface area contributed by atoms with E-state index >= 15 is 0 Å². The molecule has 1 aromatic heterocycles. The summed E-state index contributed by atoms with van der Waals surface area (Å²) in [4.78, 5) is 4.06. The second-order valence-electron chi connectivity index (χ2n) is 6.82. The van der Waals surface area contributed by atoms with Crippen molar-refractivity contribution in [3.8, 4) is 11.3 Å². The normalized spacial score (nSPS) is 12.1. The van der Waals surface area contributed by atoms with Gasteiger partial charge < -0.3 is 5.11 Å². The zero-order valence-corrected chi connectivity index (χ0v) is 15.4. The van der Waals surface area contributed by atoms with Crippen molar-refractivity contribution in [2.24, 2.45) is 7.05 Å². The lowest BCUT2D eigenvalue weighted by Gasteiger charge is -2.15. The van der Waals surface area contributed by atoms with Crippen molar-refractivity contribution in [1.82, 2.24) is 4.98 Å². The van der Waals surface area contributed by atoms with Crippen molar-refractivity contribution >= 4 is 21.7 Å². The maximum atomic E-state index is 13.5. The van der Waals surface area contributed by atoms with Crippen LogP contribution in [0, 0.1) is 6.92 Å². The summed E-state index contributed by atoms with van der Waals surface area (Å²) < 4.78 is 42.2. The third-order valence-electron chi connectivity index (χ3n) is 5.13. The summed E-state index contributed by atoms with van der Waals surface area (Å²) in [5, 5.41) is 12.2. The van der Waals surface area contributed by atoms with Crippen LogP contribution in [0.15, 0.2) is 54.9 Å². The second-order valence-corrected chi connectivity index (χ2v) is 6.82. The Bertz CT molecular complexity index is 1220. The van der Waals surface area contributed by atoms with Gasteiger partial charge >= 0.3 is 6.18 Å². The maximum Gasteiger partial charge on any atom is 0.420 e. The number of hydrogen-bond acceptors (Lipinski definition) is 2. The lowest BCUT2D eigenvalue weighted by molar-refractivity contribution is -0.662. The number of para-hydroxylation sites is 1. The number of halogens is 3. The minimum absolute atomic E-state index is 0.0822. The van der Waals surface area contributed by atoms with E-state index in [1.165, 1.54) is 12.4 Å². The molecular weight excluding hydrogens is 365 g/mol. The third kappa shape index (κ3) is 2.81. The lowest BCUT2D eigenvalue weighted by Crippen LogP contribution is -2.32. The van der Waals surface area contributed by atoms with Crippen molar-refractivity contribution < 1.29 is 22.8 Å². The fourth-order valence-electron chi connectivity index (χ4n) is 3.80. The molecule has 0 saturated heterocycles. The Morgan fingerprint density at radius 2 is 1.68 bits per heavy atom. The van der Waals surface area contributed by atoms with Crippen LogP contribution in [0.1, 0.15) is 16.7 Å². The third-order valence-corrected chi connectivity index (χ3v) is 5.13. The summed E-state index contributed by atoms with van der Waals surface area (Å²) in [7, 11) is 1.76. The van der Waals surface area contributed by atoms with Gasteiger partial charge in [-0.05, 0) is 52.0 Å². The van der Waals surface area contributed by atoms with Gasteiger partial charge in [-0.25, -0.2) is 4.57 Å². The van der Waals surface area contributed by atoms with E-state index in [1.807, 2.05) is 37.3 Å². The largest absolute Gasteiger partial charge is 0.420 e. The minimum Gasteiger partial charge on any atom is -0.392 e. The van der Waals surface area contributed by atoms with Crippen LogP contribution in [0.5, 0.6) is 0 Å². The van der Waals surface area contributed by atoms with Crippen LogP contribution in [-0.2, 0) is 19.8 Å². The molecule has 28 heavy (non-hydrogen) atoms. The van der Waals surface area contributed by atoms with Gasteiger partial charge in [0.1, 0.15) is 11.3 Å². The average molecular weight is 383 g/mol. The van der Waals surface area contributed by atoms with Gasteiger partial charge in [-0.3, -0.25) is 0 Å². The number of fused-ring (bicyclic) bond motifs is 2. The van der Waals surface area contributed by atoms with E-state index < -0.39 is 11.7 Å². The van der Waals surface area contributed by atoms with E-state index in [4.69, 9.17) is 0 Å². The molecule has 0 aliphatic heterocycles. The summed E-state index contributed by atoms with van der Waals surface area (Å²) in [6.45, 7) is 1.78. The quantitative estimate of drug-likeness (QED) is 0.510. The molecule has 0 fully saturated rings. The van der Waals surface area contributed by atoms with Gasteiger partial charge in [0.15, 0.2) is 5.52 Å². The number of aliphatic hydroxyl groups is 1. The molecule has 1 N–H and O–H groups in total. The number of aromatic nitrogens is 2. The smallest absolute Gasteiger partial charge is 0.392 e. The predicted octanol–water partition coefficient (Wildman–Crippen LogP) is 4.70. The van der Waals surface area contributed by atoms with E-state index in [0.717, 1.165) is 33.5 Å². The Labute approximate surface area is 159 Å². The molecule has 0 aliphatic rings. The van der Waals surface area contributed by atoms with E-state index in [9.17, 15) is 18.3 Å². The first-order valence-corrected chi connectivity index (χ1v) is 8.80. The summed E-state index contributed by atoms with van der Waals surface area (Å²) in [6.07, 6.45) is -3.08. The molecule has 142 valence electrons. The van der Waals surface area contributed by atoms with Crippen LogP contribution in [0.2, 0.25) is 0 Å². The molecule has 4 aromatic rings. The first-order chi connectivity index (χ1) is 13.3. The van der Waals surface area contributed by atoms with Gasteiger partial charge in [-0.1, -0.05) is 30.3 Å². The van der Waals surface area contributed by atoms with Gasteiger partial charge in [0.25, 0.3) is 6.33 Å². The van der Waals surface area contributed by atoms with Crippen LogP contribution in [0.25, 0.3) is 32.9 Å². The molecule has 0 spiro atoms. The molecule has 0 amide bonds. The van der Waals surface area contributed by atoms with Crippen LogP contribution in [-0.4, -0.2) is 10.1 Å². The molecule has 4 rings (SSSR count). The van der Waals surface area contributed by atoms with Gasteiger partial charge in [0, 0.05) is 5.56 Å². The van der Waals surface area contributed by atoms with Crippen molar-refractivity contribution in [3.63, 3.8) is 0 Å². The van der Waals surface area contributed by atoms with Gasteiger partial charge in [0.2, 0.25) is 0 Å². The van der Waals surface area contributed by atoms with E-state index in [1.54, 1.807) is 17.7 Å². The Kier molecular flexibility index (Phi) is 4.31. The van der Waals surface area contributed by atoms with Gasteiger partial charge in [-0.15, -0.1) is 0 Å². The maximum absolute atomic E-state index is 13.5. The fourth-order valence-corrected chi connectivity index (χ4v) is 3.80. The number of hydrogen-bond donors (Lipinski definition) is 1. The highest BCUT2D eigenvalue weighted by Gasteiger charge is 2.36. The highest BCUT2D eigenvalue weighted by Crippen LogP contribution is 2.38. The number of rotatable bonds is 2. The topological polar surface area (TPSA) is 37.0 Å². The Hall–Kier alpha value is -2.99. The van der Waals surface area contributed by atoms with Crippen LogP contribution in [0.3, 0.4) is 0 Å². The highest BCUT2D eigenvalue weighted by atomic mass is 19.4. The number of aryl methyl sites for hydroxylation is 2. The Morgan fingerprint density at radius 1 is 1.00 bits per heavy atom. The van der Waals surface area contributed by atoms with E-state index in [2.05, 4.69) is 4.98 Å². The summed E-state index contributed by atoms with van der Waals surface area (Å²) in [6, 6.07) is 13.7.